The van der Waals surface area contributed by atoms with E-state index in [1.165, 1.54) is 72.0 Å². The van der Waals surface area contributed by atoms with Crippen LogP contribution in [0.4, 0.5) is 0 Å². The molecule has 0 bridgehead atoms. The van der Waals surface area contributed by atoms with Gasteiger partial charge in [0, 0.05) is 11.1 Å². The van der Waals surface area contributed by atoms with Crippen LogP contribution in [0.3, 0.4) is 0 Å². The van der Waals surface area contributed by atoms with Gasteiger partial charge in [-0.15, -0.1) is 0 Å². The molecule has 11 rings (SSSR count). The summed E-state index contributed by atoms with van der Waals surface area (Å²) in [5.74, 6) is 2.19. The lowest BCUT2D eigenvalue weighted by Gasteiger charge is -2.48. The molecule has 1 fully saturated rings. The number of ether oxygens (including phenoxy) is 1. The van der Waals surface area contributed by atoms with Crippen LogP contribution in [0.15, 0.2) is 187 Å². The lowest BCUT2D eigenvalue weighted by atomic mass is 9.61. The van der Waals surface area contributed by atoms with E-state index in [1.807, 2.05) is 0 Å². The van der Waals surface area contributed by atoms with Crippen molar-refractivity contribution in [2.24, 2.45) is 5.92 Å². The van der Waals surface area contributed by atoms with Crippen molar-refractivity contribution in [3.63, 3.8) is 0 Å². The van der Waals surface area contributed by atoms with Gasteiger partial charge < -0.3 is 4.74 Å². The molecule has 7 aromatic rings. The predicted octanol–water partition coefficient (Wildman–Crippen LogP) is 11.5. The van der Waals surface area contributed by atoms with Crippen LogP contribution in [0.1, 0.15) is 59.1 Å². The van der Waals surface area contributed by atoms with Crippen molar-refractivity contribution in [2.45, 2.75) is 37.3 Å². The maximum Gasteiger partial charge on any atom is 0.132 e. The number of rotatable bonds is 4. The van der Waals surface area contributed by atoms with Crippen molar-refractivity contribution < 1.29 is 4.74 Å². The Bertz CT molecular complexity index is 2670. The van der Waals surface area contributed by atoms with E-state index < -0.39 is 5.41 Å². The number of allylic oxidation sites excluding steroid dienone is 2. The van der Waals surface area contributed by atoms with Crippen molar-refractivity contribution in [3.8, 4) is 22.6 Å². The second kappa shape index (κ2) is 13.0. The normalized spacial score (nSPS) is 22.1. The van der Waals surface area contributed by atoms with E-state index >= 15 is 0 Å². The van der Waals surface area contributed by atoms with Gasteiger partial charge in [0.25, 0.3) is 0 Å². The molecule has 0 aromatic heterocycles. The second-order valence-corrected chi connectivity index (χ2v) is 15.8. The van der Waals surface area contributed by atoms with Gasteiger partial charge in [-0.1, -0.05) is 165 Å². The summed E-state index contributed by atoms with van der Waals surface area (Å²) in [6.07, 6.45) is 3.30. The summed E-state index contributed by atoms with van der Waals surface area (Å²) in [7, 11) is 2.27. The van der Waals surface area contributed by atoms with Gasteiger partial charge in [-0.25, -0.2) is 0 Å². The summed E-state index contributed by atoms with van der Waals surface area (Å²) in [5, 5.41) is 10.7. The van der Waals surface area contributed by atoms with Crippen LogP contribution in [-0.2, 0) is 5.41 Å². The minimum absolute atomic E-state index is 0.0449. The van der Waals surface area contributed by atoms with Gasteiger partial charge in [0.2, 0.25) is 0 Å². The lowest BCUT2D eigenvalue weighted by molar-refractivity contribution is 0.0633. The number of nitrogens with zero attached hydrogens (tertiary/aromatic N) is 1. The molecule has 4 nitrogen and oxygen atoms in total. The number of likely N-dealkylation sites (N-methyl/N-ethyl adjacent to an activating group) is 1. The molecule has 1 saturated heterocycles. The van der Waals surface area contributed by atoms with Crippen LogP contribution in [0.25, 0.3) is 27.5 Å². The molecule has 4 unspecified atom stereocenters. The first-order valence-corrected chi connectivity index (χ1v) is 19.9. The zero-order valence-electron chi connectivity index (χ0n) is 31.6. The molecule has 56 heavy (non-hydrogen) atoms. The zero-order valence-corrected chi connectivity index (χ0v) is 31.6. The van der Waals surface area contributed by atoms with E-state index in [2.05, 4.69) is 205 Å². The molecule has 4 heteroatoms. The maximum absolute atomic E-state index is 6.67. The molecule has 272 valence electrons. The molecule has 1 spiro atoms. The van der Waals surface area contributed by atoms with Gasteiger partial charge in [0.15, 0.2) is 0 Å². The van der Waals surface area contributed by atoms with Crippen molar-refractivity contribution >= 4 is 16.3 Å². The van der Waals surface area contributed by atoms with Crippen LogP contribution in [0.2, 0.25) is 0 Å². The average molecular weight is 726 g/mol. The monoisotopic (exact) mass is 725 g/mol. The molecule has 4 atom stereocenters. The van der Waals surface area contributed by atoms with Gasteiger partial charge in [-0.3, -0.25) is 15.5 Å². The van der Waals surface area contributed by atoms with Gasteiger partial charge >= 0.3 is 0 Å². The van der Waals surface area contributed by atoms with Gasteiger partial charge in [0.05, 0.1) is 23.9 Å². The fraction of sp³-hybridized carbons (Fsp3) is 0.154. The van der Waals surface area contributed by atoms with Gasteiger partial charge in [-0.2, -0.15) is 0 Å². The Morgan fingerprint density at radius 3 is 1.93 bits per heavy atom. The smallest absolute Gasteiger partial charge is 0.132 e. The molecule has 2 aliphatic carbocycles. The Kier molecular flexibility index (Phi) is 7.75. The van der Waals surface area contributed by atoms with E-state index in [0.29, 0.717) is 5.92 Å². The summed E-state index contributed by atoms with van der Waals surface area (Å²) in [5.41, 5.74) is 13.7. The largest absolute Gasteiger partial charge is 0.457 e. The molecule has 0 saturated carbocycles. The van der Waals surface area contributed by atoms with Crippen molar-refractivity contribution in [1.29, 1.82) is 0 Å². The highest BCUT2D eigenvalue weighted by Gasteiger charge is 2.55. The van der Waals surface area contributed by atoms with Gasteiger partial charge in [0.1, 0.15) is 11.5 Å². The van der Waals surface area contributed by atoms with E-state index in [0.717, 1.165) is 17.9 Å². The predicted molar refractivity (Wildman–Crippen MR) is 227 cm³/mol. The Morgan fingerprint density at radius 2 is 1.18 bits per heavy atom. The van der Waals surface area contributed by atoms with E-state index in [9.17, 15) is 0 Å². The van der Waals surface area contributed by atoms with E-state index in [-0.39, 0.29) is 18.5 Å². The minimum atomic E-state index is -0.460. The summed E-state index contributed by atoms with van der Waals surface area (Å²) in [4.78, 5) is 2.50. The number of nitrogens with one attached hydrogen (secondary N) is 2. The summed E-state index contributed by atoms with van der Waals surface area (Å²) in [6, 6.07) is 61.9. The highest BCUT2D eigenvalue weighted by molar-refractivity contribution is 5.96. The fourth-order valence-electron chi connectivity index (χ4n) is 10.2. The number of hydrogen-bond donors (Lipinski definition) is 2. The Balaban J connectivity index is 1.05. The quantitative estimate of drug-likeness (QED) is 0.189. The molecule has 2 aliphatic heterocycles. The Morgan fingerprint density at radius 1 is 0.571 bits per heavy atom. The summed E-state index contributed by atoms with van der Waals surface area (Å²) >= 11 is 0. The minimum Gasteiger partial charge on any atom is -0.457 e. The lowest BCUT2D eigenvalue weighted by Crippen LogP contribution is -2.60. The third-order valence-corrected chi connectivity index (χ3v) is 12.7. The zero-order chi connectivity index (χ0) is 37.4. The molecule has 0 radical (unpaired) electrons. The molecule has 0 amide bonds. The first kappa shape index (κ1) is 33.3. The first-order valence-electron chi connectivity index (χ1n) is 19.9. The second-order valence-electron chi connectivity index (χ2n) is 15.8. The Labute approximate surface area is 328 Å². The molecule has 2 heterocycles. The van der Waals surface area contributed by atoms with Crippen LogP contribution in [0.5, 0.6) is 11.5 Å². The highest BCUT2D eigenvalue weighted by Crippen LogP contribution is 2.65. The van der Waals surface area contributed by atoms with Crippen LogP contribution in [0, 0.1) is 5.92 Å². The van der Waals surface area contributed by atoms with E-state index in [1.54, 1.807) is 0 Å². The topological polar surface area (TPSA) is 36.5 Å². The van der Waals surface area contributed by atoms with Crippen LogP contribution < -0.4 is 15.4 Å². The third-order valence-electron chi connectivity index (χ3n) is 12.7. The SMILES string of the molecule is CC1CC=C(C2NC(c3ccccc3)NC(c3ccc(-c4ccc5ccccc5c4)cc3)N2C)C2=C1C1(c3ccccc3Oc3ccccc31)c1ccccc12. The number of hydrogen-bond acceptors (Lipinski definition) is 4. The third kappa shape index (κ3) is 4.96. The number of fused-ring (bicyclic) bond motifs is 9. The summed E-state index contributed by atoms with van der Waals surface area (Å²) in [6.45, 7) is 2.42. The molecule has 7 aromatic carbocycles. The number of benzene rings is 7. The standard InChI is InChI=1S/C52H43N3O/c1-33-24-31-41(47-40-18-8-9-19-42(40)52(48(33)47)43-20-10-12-22-45(43)56-46-23-13-11-21-44(46)52)51-54-49(36-15-4-3-5-16-36)53-50(55(51)2)37-28-25-35(26-29-37)39-30-27-34-14-6-7-17-38(34)32-39/h3-23,25-33,49-51,53-54H,24H2,1-2H3. The van der Waals surface area contributed by atoms with E-state index in [4.69, 9.17) is 4.74 Å². The van der Waals surface area contributed by atoms with Crippen LogP contribution in [-0.4, -0.2) is 18.1 Å². The first-order chi connectivity index (χ1) is 27.6. The summed E-state index contributed by atoms with van der Waals surface area (Å²) < 4.78 is 6.67. The fourth-order valence-corrected chi connectivity index (χ4v) is 10.2. The Hall–Kier alpha value is -6.04. The molecule has 4 aliphatic rings. The molecule has 2 N–H and O–H groups in total. The highest BCUT2D eigenvalue weighted by atomic mass is 16.5. The van der Waals surface area contributed by atoms with Crippen molar-refractivity contribution in [3.05, 3.63) is 220 Å². The van der Waals surface area contributed by atoms with Crippen molar-refractivity contribution in [2.75, 3.05) is 7.05 Å². The maximum atomic E-state index is 6.67. The molecular weight excluding hydrogens is 683 g/mol. The van der Waals surface area contributed by atoms with Crippen molar-refractivity contribution in [1.82, 2.24) is 15.5 Å². The average Bonchev–Trinajstić information content (AvgIpc) is 3.56. The number of para-hydroxylation sites is 2. The molecular formula is C52H43N3O. The van der Waals surface area contributed by atoms with Crippen LogP contribution >= 0.6 is 0 Å². The van der Waals surface area contributed by atoms with Gasteiger partial charge in [-0.05, 0) is 98.5 Å².